The largest absolute Gasteiger partial charge is 0.481 e. The van der Waals surface area contributed by atoms with Gasteiger partial charge in [-0.25, -0.2) is 5.01 Å². The van der Waals surface area contributed by atoms with Gasteiger partial charge in [-0.05, 0) is 0 Å². The molecule has 1 heterocycles. The Bertz CT molecular complexity index is 423. The van der Waals surface area contributed by atoms with Crippen molar-refractivity contribution < 1.29 is 20.1 Å². The quantitative estimate of drug-likeness (QED) is 0.371. The number of nitrogens with one attached hydrogen (secondary N) is 1. The maximum Gasteiger partial charge on any atom is 0.216 e. The molecule has 0 aromatic rings. The third kappa shape index (κ3) is 1.82. The van der Waals surface area contributed by atoms with Crippen molar-refractivity contribution in [2.24, 2.45) is 16.1 Å². The van der Waals surface area contributed by atoms with Crippen LogP contribution in [0.25, 0.3) is 0 Å². The van der Waals surface area contributed by atoms with Crippen LogP contribution in [0.15, 0.2) is 21.9 Å². The molecule has 100 valence electrons. The van der Waals surface area contributed by atoms with Crippen molar-refractivity contribution in [1.29, 1.82) is 5.41 Å². The van der Waals surface area contributed by atoms with E-state index >= 15 is 0 Å². The van der Waals surface area contributed by atoms with Gasteiger partial charge in [0.2, 0.25) is 5.88 Å². The van der Waals surface area contributed by atoms with Crippen LogP contribution in [0, 0.1) is 5.41 Å². The van der Waals surface area contributed by atoms with Crippen LogP contribution in [0.5, 0.6) is 0 Å². The summed E-state index contributed by atoms with van der Waals surface area (Å²) in [7, 11) is 1.34. The first-order valence-electron chi connectivity index (χ1n) is 5.35. The summed E-state index contributed by atoms with van der Waals surface area (Å²) in [6.45, 7) is 0. The summed E-state index contributed by atoms with van der Waals surface area (Å²) in [5.41, 5.74) is 5.55. The summed E-state index contributed by atoms with van der Waals surface area (Å²) in [4.78, 5) is 0. The number of nitrogens with zero attached hydrogens (tertiary/aromatic N) is 3. The van der Waals surface area contributed by atoms with Gasteiger partial charge in [-0.3, -0.25) is 5.41 Å². The Balaban J connectivity index is 2.19. The van der Waals surface area contributed by atoms with Crippen LogP contribution < -0.4 is 5.73 Å². The van der Waals surface area contributed by atoms with E-state index in [0.717, 1.165) is 5.01 Å². The minimum absolute atomic E-state index is 0.0557. The van der Waals surface area contributed by atoms with Gasteiger partial charge in [-0.2, -0.15) is 0 Å². The number of ether oxygens (including phenoxy) is 1. The fourth-order valence-electron chi connectivity index (χ4n) is 2.01. The predicted molar refractivity (Wildman–Crippen MR) is 59.1 cm³/mol. The molecule has 1 aliphatic carbocycles. The lowest BCUT2D eigenvalue weighted by Gasteiger charge is -2.23. The van der Waals surface area contributed by atoms with Crippen LogP contribution in [-0.2, 0) is 4.74 Å². The van der Waals surface area contributed by atoms with E-state index in [1.54, 1.807) is 0 Å². The van der Waals surface area contributed by atoms with Gasteiger partial charge >= 0.3 is 0 Å². The highest BCUT2D eigenvalue weighted by atomic mass is 16.5. The highest BCUT2D eigenvalue weighted by Crippen LogP contribution is 2.30. The van der Waals surface area contributed by atoms with Gasteiger partial charge in [0.15, 0.2) is 11.5 Å². The first-order valence-corrected chi connectivity index (χ1v) is 5.35. The topological polar surface area (TPSA) is 148 Å². The Labute approximate surface area is 103 Å². The normalized spacial score (nSPS) is 38.4. The summed E-state index contributed by atoms with van der Waals surface area (Å²) >= 11 is 0. The van der Waals surface area contributed by atoms with E-state index in [1.165, 1.54) is 7.11 Å². The van der Waals surface area contributed by atoms with Gasteiger partial charge in [0.25, 0.3) is 0 Å². The predicted octanol–water partition coefficient (Wildman–Crippen LogP) is -1.72. The smallest absolute Gasteiger partial charge is 0.216 e. The highest BCUT2D eigenvalue weighted by Gasteiger charge is 2.46. The Morgan fingerprint density at radius 1 is 1.44 bits per heavy atom. The zero-order valence-electron chi connectivity index (χ0n) is 9.69. The lowest BCUT2D eigenvalue weighted by atomic mass is 10.2. The van der Waals surface area contributed by atoms with E-state index in [4.69, 9.17) is 15.9 Å². The van der Waals surface area contributed by atoms with Crippen LogP contribution in [0.1, 0.15) is 6.42 Å². The summed E-state index contributed by atoms with van der Waals surface area (Å²) < 4.78 is 4.76. The molecule has 2 rings (SSSR count). The van der Waals surface area contributed by atoms with Gasteiger partial charge in [0.1, 0.15) is 12.2 Å². The molecule has 0 aromatic heterocycles. The van der Waals surface area contributed by atoms with Gasteiger partial charge in [0.05, 0.1) is 19.3 Å². The fourth-order valence-corrected chi connectivity index (χ4v) is 2.01. The highest BCUT2D eigenvalue weighted by molar-refractivity contribution is 5.97. The fraction of sp³-hybridized carbons (Fsp3) is 0.667. The zero-order chi connectivity index (χ0) is 13.4. The third-order valence-corrected chi connectivity index (χ3v) is 3.08. The minimum atomic E-state index is -1.26. The van der Waals surface area contributed by atoms with E-state index in [9.17, 15) is 15.3 Å². The van der Waals surface area contributed by atoms with Gasteiger partial charge in [-0.1, -0.05) is 5.22 Å². The molecule has 1 aliphatic heterocycles. The third-order valence-electron chi connectivity index (χ3n) is 3.08. The van der Waals surface area contributed by atoms with E-state index in [1.807, 2.05) is 0 Å². The van der Waals surface area contributed by atoms with Gasteiger partial charge in [-0.15, -0.1) is 5.11 Å². The monoisotopic (exact) mass is 257 g/mol. The summed E-state index contributed by atoms with van der Waals surface area (Å²) in [6.07, 6.45) is -3.43. The lowest BCUT2D eigenvalue weighted by molar-refractivity contribution is -0.0275. The van der Waals surface area contributed by atoms with Crippen LogP contribution in [0.2, 0.25) is 0 Å². The number of aliphatic hydroxyl groups excluding tert-OH is 3. The molecule has 0 amide bonds. The van der Waals surface area contributed by atoms with E-state index in [0.29, 0.717) is 0 Å². The van der Waals surface area contributed by atoms with Crippen LogP contribution in [0.3, 0.4) is 0 Å². The van der Waals surface area contributed by atoms with Crippen molar-refractivity contribution in [3.05, 3.63) is 11.6 Å². The molecule has 0 unspecified atom stereocenters. The summed E-state index contributed by atoms with van der Waals surface area (Å²) in [5, 5.41) is 45.0. The molecule has 0 bridgehead atoms. The maximum absolute atomic E-state index is 9.76. The molecule has 0 aromatic carbocycles. The average molecular weight is 257 g/mol. The number of aliphatic hydroxyl groups is 3. The minimum Gasteiger partial charge on any atom is -0.481 e. The molecule has 0 saturated heterocycles. The average Bonchev–Trinajstić information content (AvgIpc) is 2.84. The van der Waals surface area contributed by atoms with Crippen LogP contribution >= 0.6 is 0 Å². The first-order chi connectivity index (χ1) is 8.47. The van der Waals surface area contributed by atoms with Crippen molar-refractivity contribution in [1.82, 2.24) is 5.01 Å². The second-order valence-electron chi connectivity index (χ2n) is 4.15. The molecule has 6 N–H and O–H groups in total. The molecule has 1 fully saturated rings. The molecule has 0 spiro atoms. The van der Waals surface area contributed by atoms with Crippen molar-refractivity contribution in [2.45, 2.75) is 30.8 Å². The van der Waals surface area contributed by atoms with Crippen LogP contribution in [-0.4, -0.2) is 57.6 Å². The first kappa shape index (κ1) is 12.7. The molecule has 0 radical (unpaired) electrons. The van der Waals surface area contributed by atoms with Crippen LogP contribution in [0.4, 0.5) is 0 Å². The van der Waals surface area contributed by atoms with E-state index < -0.39 is 24.4 Å². The molecular weight excluding hydrogens is 242 g/mol. The number of rotatable bonds is 2. The summed E-state index contributed by atoms with van der Waals surface area (Å²) in [5.74, 6) is -0.195. The molecule has 9 nitrogen and oxygen atoms in total. The molecule has 4 atom stereocenters. The molecule has 9 heteroatoms. The van der Waals surface area contributed by atoms with Gasteiger partial charge in [0, 0.05) is 6.42 Å². The van der Waals surface area contributed by atoms with Crippen molar-refractivity contribution in [3.8, 4) is 0 Å². The van der Waals surface area contributed by atoms with Gasteiger partial charge < -0.3 is 25.8 Å². The Morgan fingerprint density at radius 3 is 2.61 bits per heavy atom. The Hall–Kier alpha value is -1.71. The van der Waals surface area contributed by atoms with E-state index in [-0.39, 0.29) is 23.8 Å². The van der Waals surface area contributed by atoms with Crippen molar-refractivity contribution >= 4 is 5.84 Å². The Morgan fingerprint density at radius 2 is 2.11 bits per heavy atom. The number of hydrogen-bond acceptors (Lipinski definition) is 8. The number of methoxy groups -OCH3 is 1. The second kappa shape index (κ2) is 4.52. The standard InChI is InChI=1S/C9H15N5O4/c1-18-9(11)5-8(10)14(13-12-5)3-2-4(15)7(17)6(3)16/h3-4,6-7,10,15-17H,2,11H2,1H3/b9-5-,10-8?/t3-,4+,6+,7-/m1/s1. The Kier molecular flexibility index (Phi) is 3.20. The molecular formula is C9H15N5O4. The maximum atomic E-state index is 9.76. The number of amidine groups is 1. The lowest BCUT2D eigenvalue weighted by Crippen LogP contribution is -2.42. The van der Waals surface area contributed by atoms with Crippen molar-refractivity contribution in [2.75, 3.05) is 7.11 Å². The SMILES string of the molecule is CO/C(N)=C1\N=NN([C@@H]2C[C@H](O)[C@@H](O)[C@H]2O)C1=N. The number of nitrogens with two attached hydrogens (primary N) is 1. The zero-order valence-corrected chi connectivity index (χ0v) is 9.69. The second-order valence-corrected chi connectivity index (χ2v) is 4.15. The molecule has 2 aliphatic rings. The molecule has 18 heavy (non-hydrogen) atoms. The van der Waals surface area contributed by atoms with Crippen molar-refractivity contribution in [3.63, 3.8) is 0 Å². The molecule has 1 saturated carbocycles. The number of hydrogen-bond donors (Lipinski definition) is 5. The summed E-state index contributed by atoms with van der Waals surface area (Å²) in [6, 6.07) is -0.714. The van der Waals surface area contributed by atoms with E-state index in [2.05, 4.69) is 10.3 Å².